The number of nitrogens with one attached hydrogen (secondary N) is 1. The van der Waals surface area contributed by atoms with Gasteiger partial charge in [0.25, 0.3) is 0 Å². The average molecular weight is 413 g/mol. The first-order valence-corrected chi connectivity index (χ1v) is 10.4. The summed E-state index contributed by atoms with van der Waals surface area (Å²) in [5, 5.41) is 3.78. The molecule has 1 amide bonds. The van der Waals surface area contributed by atoms with Crippen molar-refractivity contribution in [2.75, 3.05) is 18.4 Å². The normalized spacial score (nSPS) is 16.4. The number of para-hydroxylation sites is 1. The lowest BCUT2D eigenvalue weighted by Gasteiger charge is -2.30. The van der Waals surface area contributed by atoms with E-state index in [1.165, 1.54) is 16.4 Å². The number of benzene rings is 2. The molecular formula is C18H18Cl2N2O3S. The number of anilines is 1. The Balaban J connectivity index is 1.62. The van der Waals surface area contributed by atoms with Gasteiger partial charge in [0.2, 0.25) is 15.9 Å². The molecule has 0 saturated carbocycles. The molecule has 1 N–H and O–H groups in total. The van der Waals surface area contributed by atoms with Crippen LogP contribution < -0.4 is 5.32 Å². The molecule has 138 valence electrons. The summed E-state index contributed by atoms with van der Waals surface area (Å²) < 4.78 is 26.8. The zero-order chi connectivity index (χ0) is 18.7. The molecule has 1 aliphatic heterocycles. The summed E-state index contributed by atoms with van der Waals surface area (Å²) in [5.41, 5.74) is 0.565. The summed E-state index contributed by atoms with van der Waals surface area (Å²) in [5.74, 6) is -0.385. The Kier molecular flexibility index (Phi) is 5.87. The standard InChI is InChI=1S/C18H18Cl2N2O3S/c19-14-5-7-15(8-6-14)26(24,25)22-11-9-13(10-12-22)18(23)21-17-4-2-1-3-16(17)20/h1-8,13H,9-12H2,(H,21,23). The number of nitrogens with zero attached hydrogens (tertiary/aromatic N) is 1. The van der Waals surface area contributed by atoms with Gasteiger partial charge >= 0.3 is 0 Å². The van der Waals surface area contributed by atoms with Crippen LogP contribution in [-0.4, -0.2) is 31.7 Å². The Morgan fingerprint density at radius 2 is 1.62 bits per heavy atom. The van der Waals surface area contributed by atoms with E-state index in [1.54, 1.807) is 36.4 Å². The maximum absolute atomic E-state index is 12.7. The maximum Gasteiger partial charge on any atom is 0.243 e. The van der Waals surface area contributed by atoms with E-state index in [1.807, 2.05) is 0 Å². The van der Waals surface area contributed by atoms with Gasteiger partial charge in [-0.2, -0.15) is 4.31 Å². The number of carbonyl (C=O) groups is 1. The van der Waals surface area contributed by atoms with Crippen molar-refractivity contribution in [1.82, 2.24) is 4.31 Å². The molecule has 1 aliphatic rings. The highest BCUT2D eigenvalue weighted by Crippen LogP contribution is 2.27. The van der Waals surface area contributed by atoms with E-state index in [0.29, 0.717) is 41.7 Å². The second-order valence-electron chi connectivity index (χ2n) is 6.10. The highest BCUT2D eigenvalue weighted by atomic mass is 35.5. The Hall–Kier alpha value is -1.60. The fourth-order valence-corrected chi connectivity index (χ4v) is 4.69. The minimum absolute atomic E-state index is 0.137. The SMILES string of the molecule is O=C(Nc1ccccc1Cl)C1CCN(S(=O)(=O)c2ccc(Cl)cc2)CC1. The summed E-state index contributed by atoms with van der Waals surface area (Å²) in [6, 6.07) is 13.1. The molecule has 1 fully saturated rings. The summed E-state index contributed by atoms with van der Waals surface area (Å²) in [7, 11) is -3.57. The lowest BCUT2D eigenvalue weighted by molar-refractivity contribution is -0.120. The molecule has 0 unspecified atom stereocenters. The van der Waals surface area contributed by atoms with E-state index in [0.717, 1.165) is 0 Å². The number of hydrogen-bond acceptors (Lipinski definition) is 3. The van der Waals surface area contributed by atoms with E-state index in [4.69, 9.17) is 23.2 Å². The molecule has 0 aliphatic carbocycles. The van der Waals surface area contributed by atoms with Crippen LogP contribution in [0.5, 0.6) is 0 Å². The van der Waals surface area contributed by atoms with Crippen molar-refractivity contribution >= 4 is 44.8 Å². The third-order valence-corrected chi connectivity index (χ3v) is 6.90. The molecule has 0 bridgehead atoms. The van der Waals surface area contributed by atoms with Gasteiger partial charge < -0.3 is 5.32 Å². The fraction of sp³-hybridized carbons (Fsp3) is 0.278. The molecule has 0 spiro atoms. The van der Waals surface area contributed by atoms with Gasteiger partial charge in [-0.15, -0.1) is 0 Å². The minimum atomic E-state index is -3.57. The van der Waals surface area contributed by atoms with Gasteiger partial charge in [-0.1, -0.05) is 35.3 Å². The molecule has 0 radical (unpaired) electrons. The monoisotopic (exact) mass is 412 g/mol. The lowest BCUT2D eigenvalue weighted by Crippen LogP contribution is -2.41. The summed E-state index contributed by atoms with van der Waals surface area (Å²) in [4.78, 5) is 12.6. The van der Waals surface area contributed by atoms with Crippen molar-refractivity contribution in [3.8, 4) is 0 Å². The van der Waals surface area contributed by atoms with Crippen molar-refractivity contribution in [2.45, 2.75) is 17.7 Å². The number of halogens is 2. The van der Waals surface area contributed by atoms with Crippen LogP contribution in [0.15, 0.2) is 53.4 Å². The largest absolute Gasteiger partial charge is 0.325 e. The Bertz CT molecular complexity index is 893. The van der Waals surface area contributed by atoms with E-state index >= 15 is 0 Å². The van der Waals surface area contributed by atoms with Crippen LogP contribution in [0, 0.1) is 5.92 Å². The molecule has 1 heterocycles. The molecular weight excluding hydrogens is 395 g/mol. The van der Waals surface area contributed by atoms with Crippen LogP contribution in [0.3, 0.4) is 0 Å². The Morgan fingerprint density at radius 1 is 1.00 bits per heavy atom. The average Bonchev–Trinajstić information content (AvgIpc) is 2.64. The topological polar surface area (TPSA) is 66.5 Å². The van der Waals surface area contributed by atoms with Crippen LogP contribution in [0.4, 0.5) is 5.69 Å². The van der Waals surface area contributed by atoms with Crippen LogP contribution in [0.2, 0.25) is 10.0 Å². The first-order valence-electron chi connectivity index (χ1n) is 8.19. The number of sulfonamides is 1. The molecule has 5 nitrogen and oxygen atoms in total. The van der Waals surface area contributed by atoms with Crippen LogP contribution in [0.1, 0.15) is 12.8 Å². The number of rotatable bonds is 4. The fourth-order valence-electron chi connectivity index (χ4n) is 2.91. The third-order valence-electron chi connectivity index (χ3n) is 4.41. The predicted molar refractivity (Wildman–Crippen MR) is 103 cm³/mol. The van der Waals surface area contributed by atoms with Gasteiger partial charge in [0.05, 0.1) is 15.6 Å². The summed E-state index contributed by atoms with van der Waals surface area (Å²) in [6.07, 6.45) is 0.923. The van der Waals surface area contributed by atoms with Crippen molar-refractivity contribution in [3.63, 3.8) is 0 Å². The second kappa shape index (κ2) is 7.96. The second-order valence-corrected chi connectivity index (χ2v) is 8.88. The summed E-state index contributed by atoms with van der Waals surface area (Å²) in [6.45, 7) is 0.594. The van der Waals surface area contributed by atoms with Crippen LogP contribution >= 0.6 is 23.2 Å². The quantitative estimate of drug-likeness (QED) is 0.823. The Morgan fingerprint density at radius 3 is 2.23 bits per heavy atom. The van der Waals surface area contributed by atoms with Crippen molar-refractivity contribution < 1.29 is 13.2 Å². The van der Waals surface area contributed by atoms with Crippen molar-refractivity contribution in [2.24, 2.45) is 5.92 Å². The first kappa shape index (κ1) is 19.2. The first-order chi connectivity index (χ1) is 12.4. The van der Waals surface area contributed by atoms with E-state index in [2.05, 4.69) is 5.32 Å². The molecule has 26 heavy (non-hydrogen) atoms. The van der Waals surface area contributed by atoms with Gasteiger partial charge in [-0.05, 0) is 49.2 Å². The van der Waals surface area contributed by atoms with Gasteiger partial charge in [-0.3, -0.25) is 4.79 Å². The van der Waals surface area contributed by atoms with Gasteiger partial charge in [0.1, 0.15) is 0 Å². The van der Waals surface area contributed by atoms with Crippen molar-refractivity contribution in [3.05, 3.63) is 58.6 Å². The number of hydrogen-bond donors (Lipinski definition) is 1. The Labute approximate surface area is 163 Å². The minimum Gasteiger partial charge on any atom is -0.325 e. The zero-order valence-corrected chi connectivity index (χ0v) is 16.2. The maximum atomic E-state index is 12.7. The van der Waals surface area contributed by atoms with E-state index < -0.39 is 10.0 Å². The number of piperidine rings is 1. The smallest absolute Gasteiger partial charge is 0.243 e. The lowest BCUT2D eigenvalue weighted by atomic mass is 9.97. The molecule has 3 rings (SSSR count). The van der Waals surface area contributed by atoms with Crippen molar-refractivity contribution in [1.29, 1.82) is 0 Å². The van der Waals surface area contributed by atoms with Gasteiger partial charge in [0, 0.05) is 24.0 Å². The highest BCUT2D eigenvalue weighted by Gasteiger charge is 2.32. The van der Waals surface area contributed by atoms with Crippen LogP contribution in [0.25, 0.3) is 0 Å². The van der Waals surface area contributed by atoms with E-state index in [9.17, 15) is 13.2 Å². The predicted octanol–water partition coefficient (Wildman–Crippen LogP) is 4.03. The number of amides is 1. The van der Waals surface area contributed by atoms with E-state index in [-0.39, 0.29) is 16.7 Å². The molecule has 0 aromatic heterocycles. The van der Waals surface area contributed by atoms with Crippen LogP contribution in [-0.2, 0) is 14.8 Å². The third kappa shape index (κ3) is 4.20. The van der Waals surface area contributed by atoms with Gasteiger partial charge in [0.15, 0.2) is 0 Å². The highest BCUT2D eigenvalue weighted by molar-refractivity contribution is 7.89. The number of carbonyl (C=O) groups excluding carboxylic acids is 1. The van der Waals surface area contributed by atoms with Gasteiger partial charge in [-0.25, -0.2) is 8.42 Å². The molecule has 8 heteroatoms. The molecule has 2 aromatic rings. The summed E-state index contributed by atoms with van der Waals surface area (Å²) >= 11 is 11.9. The zero-order valence-electron chi connectivity index (χ0n) is 13.9. The molecule has 2 aromatic carbocycles. The molecule has 0 atom stereocenters. The molecule has 1 saturated heterocycles.